The molecule has 4 nitrogen and oxygen atoms in total. The molecule has 20 heavy (non-hydrogen) atoms. The number of nitrogens with zero attached hydrogens (tertiary/aromatic N) is 2. The van der Waals surface area contributed by atoms with E-state index in [-0.39, 0.29) is 0 Å². The van der Waals surface area contributed by atoms with E-state index < -0.39 is 0 Å². The second kappa shape index (κ2) is 6.03. The number of rotatable bonds is 3. The van der Waals surface area contributed by atoms with Crippen molar-refractivity contribution >= 4 is 5.69 Å². The lowest BCUT2D eigenvalue weighted by Crippen LogP contribution is -2.36. The van der Waals surface area contributed by atoms with E-state index in [9.17, 15) is 0 Å². The topological polar surface area (TPSA) is 51.4 Å². The van der Waals surface area contributed by atoms with Gasteiger partial charge in [-0.3, -0.25) is 4.98 Å². The Kier molecular flexibility index (Phi) is 3.95. The minimum Gasteiger partial charge on any atom is -0.378 e. The van der Waals surface area contributed by atoms with Crippen molar-refractivity contribution in [2.45, 2.75) is 6.54 Å². The maximum Gasteiger partial charge on any atom is 0.0642 e. The second-order valence-corrected chi connectivity index (χ2v) is 4.89. The zero-order valence-corrected chi connectivity index (χ0v) is 11.5. The SMILES string of the molecule is NCc1cc(-c2ccc(N3CCOCC3)cc2)ccn1. The molecule has 0 radical (unpaired) electrons. The van der Waals surface area contributed by atoms with E-state index in [1.165, 1.54) is 11.3 Å². The van der Waals surface area contributed by atoms with Gasteiger partial charge in [0.1, 0.15) is 0 Å². The Labute approximate surface area is 119 Å². The maximum atomic E-state index is 5.64. The van der Waals surface area contributed by atoms with Crippen LogP contribution in [-0.2, 0) is 11.3 Å². The van der Waals surface area contributed by atoms with Crippen molar-refractivity contribution in [3.8, 4) is 11.1 Å². The number of ether oxygens (including phenoxy) is 1. The van der Waals surface area contributed by atoms with Crippen molar-refractivity contribution in [1.29, 1.82) is 0 Å². The van der Waals surface area contributed by atoms with Gasteiger partial charge in [-0.1, -0.05) is 12.1 Å². The van der Waals surface area contributed by atoms with Crippen LogP contribution in [0.4, 0.5) is 5.69 Å². The van der Waals surface area contributed by atoms with Crippen molar-refractivity contribution in [2.24, 2.45) is 5.73 Å². The molecule has 3 rings (SSSR count). The summed E-state index contributed by atoms with van der Waals surface area (Å²) in [6.45, 7) is 4.02. The predicted octanol–water partition coefficient (Wildman–Crippen LogP) is 2.04. The lowest BCUT2D eigenvalue weighted by molar-refractivity contribution is 0.122. The molecule has 2 heterocycles. The van der Waals surface area contributed by atoms with Crippen LogP contribution in [0, 0.1) is 0 Å². The van der Waals surface area contributed by atoms with Crippen LogP contribution in [0.3, 0.4) is 0 Å². The molecule has 0 bridgehead atoms. The quantitative estimate of drug-likeness (QED) is 0.926. The van der Waals surface area contributed by atoms with E-state index >= 15 is 0 Å². The summed E-state index contributed by atoms with van der Waals surface area (Å²) >= 11 is 0. The van der Waals surface area contributed by atoms with Gasteiger partial charge in [0, 0.05) is 31.5 Å². The molecule has 1 aromatic carbocycles. The van der Waals surface area contributed by atoms with Crippen LogP contribution in [0.25, 0.3) is 11.1 Å². The molecule has 0 atom stereocenters. The first-order valence-corrected chi connectivity index (χ1v) is 6.95. The molecule has 2 aromatic rings. The summed E-state index contributed by atoms with van der Waals surface area (Å²) < 4.78 is 5.38. The largest absolute Gasteiger partial charge is 0.378 e. The zero-order chi connectivity index (χ0) is 13.8. The summed E-state index contributed by atoms with van der Waals surface area (Å²) in [4.78, 5) is 6.58. The first kappa shape index (κ1) is 13.1. The average Bonchev–Trinajstić information content (AvgIpc) is 2.56. The average molecular weight is 269 g/mol. The molecule has 0 spiro atoms. The minimum atomic E-state index is 0.472. The number of aromatic nitrogens is 1. The van der Waals surface area contributed by atoms with Crippen LogP contribution in [-0.4, -0.2) is 31.3 Å². The number of pyridine rings is 1. The van der Waals surface area contributed by atoms with Gasteiger partial charge in [0.15, 0.2) is 0 Å². The van der Waals surface area contributed by atoms with Crippen LogP contribution in [0.1, 0.15) is 5.69 Å². The van der Waals surface area contributed by atoms with Crippen molar-refractivity contribution in [3.05, 3.63) is 48.3 Å². The fourth-order valence-corrected chi connectivity index (χ4v) is 2.46. The van der Waals surface area contributed by atoms with E-state index in [4.69, 9.17) is 10.5 Å². The summed E-state index contributed by atoms with van der Waals surface area (Å²) in [5.41, 5.74) is 10.2. The summed E-state index contributed by atoms with van der Waals surface area (Å²) in [7, 11) is 0. The van der Waals surface area contributed by atoms with E-state index in [2.05, 4.69) is 34.1 Å². The van der Waals surface area contributed by atoms with Crippen LogP contribution >= 0.6 is 0 Å². The highest BCUT2D eigenvalue weighted by atomic mass is 16.5. The fraction of sp³-hybridized carbons (Fsp3) is 0.312. The number of hydrogen-bond acceptors (Lipinski definition) is 4. The second-order valence-electron chi connectivity index (χ2n) is 4.89. The molecule has 0 saturated carbocycles. The summed E-state index contributed by atoms with van der Waals surface area (Å²) in [5.74, 6) is 0. The summed E-state index contributed by atoms with van der Waals surface area (Å²) in [6.07, 6.45) is 1.81. The molecule has 0 aliphatic carbocycles. The van der Waals surface area contributed by atoms with Crippen molar-refractivity contribution in [1.82, 2.24) is 4.98 Å². The minimum absolute atomic E-state index is 0.472. The molecule has 1 aromatic heterocycles. The molecule has 2 N–H and O–H groups in total. The highest BCUT2D eigenvalue weighted by Crippen LogP contribution is 2.23. The van der Waals surface area contributed by atoms with Crippen LogP contribution in [0.5, 0.6) is 0 Å². The molecule has 104 valence electrons. The third-order valence-corrected chi connectivity index (χ3v) is 3.60. The van der Waals surface area contributed by atoms with Crippen LogP contribution in [0.2, 0.25) is 0 Å². The van der Waals surface area contributed by atoms with E-state index in [0.717, 1.165) is 37.6 Å². The Bertz CT molecular complexity index is 562. The van der Waals surface area contributed by atoms with E-state index in [0.29, 0.717) is 6.54 Å². The van der Waals surface area contributed by atoms with Gasteiger partial charge in [0.2, 0.25) is 0 Å². The van der Waals surface area contributed by atoms with Gasteiger partial charge in [-0.05, 0) is 35.4 Å². The Morgan fingerprint density at radius 2 is 1.80 bits per heavy atom. The number of benzene rings is 1. The molecule has 1 fully saturated rings. The van der Waals surface area contributed by atoms with Gasteiger partial charge < -0.3 is 15.4 Å². The van der Waals surface area contributed by atoms with Gasteiger partial charge in [-0.2, -0.15) is 0 Å². The lowest BCUT2D eigenvalue weighted by atomic mass is 10.1. The number of nitrogens with two attached hydrogens (primary N) is 1. The van der Waals surface area contributed by atoms with Gasteiger partial charge >= 0.3 is 0 Å². The Morgan fingerprint density at radius 3 is 2.50 bits per heavy atom. The maximum absolute atomic E-state index is 5.64. The third kappa shape index (κ3) is 2.81. The first-order chi connectivity index (χ1) is 9.86. The van der Waals surface area contributed by atoms with Crippen LogP contribution < -0.4 is 10.6 Å². The summed E-state index contributed by atoms with van der Waals surface area (Å²) in [6, 6.07) is 12.7. The standard InChI is InChI=1S/C16H19N3O/c17-12-15-11-14(5-6-18-15)13-1-3-16(4-2-13)19-7-9-20-10-8-19/h1-6,11H,7-10,12,17H2. The Balaban J connectivity index is 1.81. The van der Waals surface area contributed by atoms with Crippen molar-refractivity contribution < 1.29 is 4.74 Å². The fourth-order valence-electron chi connectivity index (χ4n) is 2.46. The highest BCUT2D eigenvalue weighted by molar-refractivity contribution is 5.66. The lowest BCUT2D eigenvalue weighted by Gasteiger charge is -2.28. The van der Waals surface area contributed by atoms with Crippen molar-refractivity contribution in [3.63, 3.8) is 0 Å². The molecule has 0 unspecified atom stereocenters. The van der Waals surface area contributed by atoms with E-state index in [1.807, 2.05) is 18.3 Å². The number of anilines is 1. The molecule has 4 heteroatoms. The third-order valence-electron chi connectivity index (χ3n) is 3.60. The molecular weight excluding hydrogens is 250 g/mol. The Hall–Kier alpha value is -1.91. The monoisotopic (exact) mass is 269 g/mol. The zero-order valence-electron chi connectivity index (χ0n) is 11.5. The summed E-state index contributed by atoms with van der Waals surface area (Å²) in [5, 5.41) is 0. The molecule has 1 saturated heterocycles. The van der Waals surface area contributed by atoms with Gasteiger partial charge in [-0.25, -0.2) is 0 Å². The number of morpholine rings is 1. The molecule has 0 amide bonds. The van der Waals surface area contributed by atoms with Gasteiger partial charge in [-0.15, -0.1) is 0 Å². The molecule has 1 aliphatic rings. The molecular formula is C16H19N3O. The first-order valence-electron chi connectivity index (χ1n) is 6.95. The highest BCUT2D eigenvalue weighted by Gasteiger charge is 2.10. The van der Waals surface area contributed by atoms with Crippen LogP contribution in [0.15, 0.2) is 42.6 Å². The van der Waals surface area contributed by atoms with Gasteiger partial charge in [0.05, 0.1) is 18.9 Å². The van der Waals surface area contributed by atoms with Gasteiger partial charge in [0.25, 0.3) is 0 Å². The molecule has 1 aliphatic heterocycles. The van der Waals surface area contributed by atoms with Crippen molar-refractivity contribution in [2.75, 3.05) is 31.2 Å². The van der Waals surface area contributed by atoms with E-state index in [1.54, 1.807) is 0 Å². The normalized spacial score (nSPS) is 15.3. The predicted molar refractivity (Wildman–Crippen MR) is 80.6 cm³/mol. The smallest absolute Gasteiger partial charge is 0.0642 e. The number of hydrogen-bond donors (Lipinski definition) is 1. The Morgan fingerprint density at radius 1 is 1.05 bits per heavy atom.